The number of aryl methyl sites for hydroxylation is 2. The minimum Gasteiger partial charge on any atom is -0.493 e. The summed E-state index contributed by atoms with van der Waals surface area (Å²) < 4.78 is 7.75. The summed E-state index contributed by atoms with van der Waals surface area (Å²) in [6.45, 7) is 3.85. The fraction of sp³-hybridized carbons (Fsp3) is 0.429. The van der Waals surface area contributed by atoms with Gasteiger partial charge in [0.25, 0.3) is 5.56 Å². The molecule has 0 aliphatic heterocycles. The third kappa shape index (κ3) is 2.29. The van der Waals surface area contributed by atoms with Crippen LogP contribution in [0.2, 0.25) is 0 Å². The van der Waals surface area contributed by atoms with E-state index in [2.05, 4.69) is 4.98 Å². The van der Waals surface area contributed by atoms with Crippen LogP contribution in [0, 0.1) is 11.3 Å². The maximum Gasteiger partial charge on any atom is 0.333 e. The van der Waals surface area contributed by atoms with Crippen LogP contribution in [0.5, 0.6) is 5.75 Å². The van der Waals surface area contributed by atoms with E-state index in [1.807, 2.05) is 19.9 Å². The standard InChI is InChI=1S/C14H16N4O3/c1-4-9-8-16-12-10(11(9)21-5-2)13(19)18(7-6-15)14(20)17(12)3/h8H,4-5,7H2,1-3H3. The topological polar surface area (TPSA) is 89.9 Å². The van der Waals surface area contributed by atoms with Crippen molar-refractivity contribution in [2.75, 3.05) is 6.61 Å². The molecule has 0 radical (unpaired) electrons. The molecule has 0 N–H and O–H groups in total. The smallest absolute Gasteiger partial charge is 0.333 e. The number of hydrogen-bond donors (Lipinski definition) is 0. The van der Waals surface area contributed by atoms with Crippen LogP contribution in [-0.2, 0) is 20.0 Å². The average Bonchev–Trinajstić information content (AvgIpc) is 2.49. The zero-order valence-electron chi connectivity index (χ0n) is 12.2. The summed E-state index contributed by atoms with van der Waals surface area (Å²) in [5.41, 5.74) is -0.0439. The van der Waals surface area contributed by atoms with Crippen LogP contribution in [0.4, 0.5) is 0 Å². The molecule has 2 aromatic heterocycles. The van der Waals surface area contributed by atoms with E-state index in [9.17, 15) is 9.59 Å². The van der Waals surface area contributed by atoms with Gasteiger partial charge in [0, 0.05) is 18.8 Å². The third-order valence-corrected chi connectivity index (χ3v) is 3.28. The summed E-state index contributed by atoms with van der Waals surface area (Å²) in [5, 5.41) is 9.04. The number of nitriles is 1. The molecule has 2 aromatic rings. The van der Waals surface area contributed by atoms with E-state index in [1.165, 1.54) is 11.6 Å². The number of rotatable bonds is 4. The highest BCUT2D eigenvalue weighted by Crippen LogP contribution is 2.25. The predicted octanol–water partition coefficient (Wildman–Crippen LogP) is 0.580. The lowest BCUT2D eigenvalue weighted by Gasteiger charge is -2.14. The molecule has 7 heteroatoms. The van der Waals surface area contributed by atoms with Gasteiger partial charge in [-0.3, -0.25) is 9.36 Å². The molecule has 2 heterocycles. The Balaban J connectivity index is 3.02. The largest absolute Gasteiger partial charge is 0.493 e. The average molecular weight is 288 g/mol. The van der Waals surface area contributed by atoms with E-state index >= 15 is 0 Å². The Morgan fingerprint density at radius 2 is 2.10 bits per heavy atom. The summed E-state index contributed by atoms with van der Waals surface area (Å²) in [5.74, 6) is 0.442. The molecule has 0 fully saturated rings. The van der Waals surface area contributed by atoms with Crippen molar-refractivity contribution >= 4 is 11.0 Å². The lowest BCUT2D eigenvalue weighted by Crippen LogP contribution is -2.39. The Hall–Kier alpha value is -2.62. The van der Waals surface area contributed by atoms with Gasteiger partial charge in [-0.1, -0.05) is 6.92 Å². The fourth-order valence-electron chi connectivity index (χ4n) is 2.24. The molecule has 0 atom stereocenters. The zero-order valence-corrected chi connectivity index (χ0v) is 12.2. The molecular formula is C14H16N4O3. The lowest BCUT2D eigenvalue weighted by molar-refractivity contribution is 0.340. The summed E-state index contributed by atoms with van der Waals surface area (Å²) in [7, 11) is 1.52. The van der Waals surface area contributed by atoms with Gasteiger partial charge in [-0.05, 0) is 13.3 Å². The Labute approximate surface area is 121 Å². The summed E-state index contributed by atoms with van der Waals surface area (Å²) in [6.07, 6.45) is 2.26. The van der Waals surface area contributed by atoms with Crippen molar-refractivity contribution in [3.05, 3.63) is 32.6 Å². The Kier molecular flexibility index (Phi) is 4.08. The second-order valence-electron chi connectivity index (χ2n) is 4.49. The first-order valence-electron chi connectivity index (χ1n) is 6.67. The molecule has 7 nitrogen and oxygen atoms in total. The molecule has 0 saturated carbocycles. The van der Waals surface area contributed by atoms with Crippen molar-refractivity contribution in [3.8, 4) is 11.8 Å². The highest BCUT2D eigenvalue weighted by molar-refractivity contribution is 5.82. The van der Waals surface area contributed by atoms with E-state index in [-0.39, 0.29) is 17.6 Å². The molecule has 2 rings (SSSR count). The summed E-state index contributed by atoms with van der Waals surface area (Å²) in [6, 6.07) is 1.83. The molecule has 0 unspecified atom stereocenters. The zero-order chi connectivity index (χ0) is 15.6. The second kappa shape index (κ2) is 5.79. The van der Waals surface area contributed by atoms with E-state index in [4.69, 9.17) is 10.00 Å². The Morgan fingerprint density at radius 3 is 2.67 bits per heavy atom. The quantitative estimate of drug-likeness (QED) is 0.821. The van der Waals surface area contributed by atoms with Crippen molar-refractivity contribution in [3.63, 3.8) is 0 Å². The van der Waals surface area contributed by atoms with Crippen molar-refractivity contribution in [1.29, 1.82) is 5.26 Å². The molecule has 0 spiro atoms. The second-order valence-corrected chi connectivity index (χ2v) is 4.49. The normalized spacial score (nSPS) is 10.6. The van der Waals surface area contributed by atoms with Crippen molar-refractivity contribution < 1.29 is 4.74 Å². The van der Waals surface area contributed by atoms with E-state index < -0.39 is 11.2 Å². The number of fused-ring (bicyclic) bond motifs is 1. The van der Waals surface area contributed by atoms with Crippen LogP contribution >= 0.6 is 0 Å². The molecule has 0 amide bonds. The van der Waals surface area contributed by atoms with Gasteiger partial charge in [-0.2, -0.15) is 5.26 Å². The van der Waals surface area contributed by atoms with E-state index in [1.54, 1.807) is 6.20 Å². The van der Waals surface area contributed by atoms with Crippen LogP contribution in [0.3, 0.4) is 0 Å². The predicted molar refractivity (Wildman–Crippen MR) is 77.4 cm³/mol. The van der Waals surface area contributed by atoms with Crippen LogP contribution in [0.15, 0.2) is 15.8 Å². The highest BCUT2D eigenvalue weighted by Gasteiger charge is 2.18. The number of aromatic nitrogens is 3. The van der Waals surface area contributed by atoms with Crippen LogP contribution < -0.4 is 16.0 Å². The van der Waals surface area contributed by atoms with Gasteiger partial charge in [0.05, 0.1) is 12.7 Å². The Bertz CT molecular complexity index is 842. The molecule has 0 aliphatic rings. The minimum atomic E-state index is -0.562. The monoisotopic (exact) mass is 288 g/mol. The first-order valence-corrected chi connectivity index (χ1v) is 6.67. The van der Waals surface area contributed by atoms with E-state index in [0.29, 0.717) is 18.8 Å². The van der Waals surface area contributed by atoms with Crippen LogP contribution in [0.25, 0.3) is 11.0 Å². The van der Waals surface area contributed by atoms with Crippen molar-refractivity contribution in [2.24, 2.45) is 7.05 Å². The maximum absolute atomic E-state index is 12.5. The number of pyridine rings is 1. The molecule has 0 bridgehead atoms. The van der Waals surface area contributed by atoms with Crippen LogP contribution in [-0.4, -0.2) is 20.7 Å². The van der Waals surface area contributed by atoms with Gasteiger partial charge in [0.15, 0.2) is 5.65 Å². The van der Waals surface area contributed by atoms with Gasteiger partial charge >= 0.3 is 5.69 Å². The highest BCUT2D eigenvalue weighted by atomic mass is 16.5. The molecule has 0 aliphatic carbocycles. The molecule has 110 valence electrons. The Morgan fingerprint density at radius 1 is 1.38 bits per heavy atom. The molecule has 21 heavy (non-hydrogen) atoms. The number of nitrogens with zero attached hydrogens (tertiary/aromatic N) is 4. The molecule has 0 aromatic carbocycles. The first-order chi connectivity index (χ1) is 10.1. The van der Waals surface area contributed by atoms with Gasteiger partial charge in [0.2, 0.25) is 0 Å². The molecular weight excluding hydrogens is 272 g/mol. The third-order valence-electron chi connectivity index (χ3n) is 3.28. The maximum atomic E-state index is 12.5. The SMILES string of the molecule is CCOc1c(CC)cnc2c1c(=O)n(CC#N)c(=O)n2C. The fourth-order valence-corrected chi connectivity index (χ4v) is 2.24. The minimum absolute atomic E-state index is 0.244. The van der Waals surface area contributed by atoms with Gasteiger partial charge in [-0.15, -0.1) is 0 Å². The van der Waals surface area contributed by atoms with Crippen molar-refractivity contribution in [2.45, 2.75) is 26.8 Å². The summed E-state index contributed by atoms with van der Waals surface area (Å²) >= 11 is 0. The number of ether oxygens (including phenoxy) is 1. The van der Waals surface area contributed by atoms with E-state index in [0.717, 1.165) is 10.1 Å². The summed E-state index contributed by atoms with van der Waals surface area (Å²) in [4.78, 5) is 28.8. The van der Waals surface area contributed by atoms with Gasteiger partial charge in [-0.25, -0.2) is 14.3 Å². The van der Waals surface area contributed by atoms with Gasteiger partial charge < -0.3 is 4.74 Å². The van der Waals surface area contributed by atoms with Crippen molar-refractivity contribution in [1.82, 2.24) is 14.1 Å². The number of hydrogen-bond acceptors (Lipinski definition) is 5. The molecule has 0 saturated heterocycles. The first kappa shape index (κ1) is 14.8. The van der Waals surface area contributed by atoms with Crippen LogP contribution in [0.1, 0.15) is 19.4 Å². The lowest BCUT2D eigenvalue weighted by atomic mass is 10.1. The van der Waals surface area contributed by atoms with Gasteiger partial charge in [0.1, 0.15) is 17.7 Å².